The molecule has 2 aromatic rings. The molecule has 1 N–H and O–H groups in total. The van der Waals surface area contributed by atoms with Crippen LogP contribution in [0.5, 0.6) is 0 Å². The number of rotatable bonds is 8. The highest BCUT2D eigenvalue weighted by molar-refractivity contribution is 5.25. The van der Waals surface area contributed by atoms with E-state index in [-0.39, 0.29) is 0 Å². The normalized spacial score (nSPS) is 11.0. The molecule has 0 aliphatic heterocycles. The van der Waals surface area contributed by atoms with E-state index in [0.717, 1.165) is 49.9 Å². The van der Waals surface area contributed by atoms with Crippen molar-refractivity contribution >= 4 is 0 Å². The molecule has 0 aromatic carbocycles. The van der Waals surface area contributed by atoms with Crippen LogP contribution in [0.25, 0.3) is 5.82 Å². The first-order chi connectivity index (χ1) is 10.2. The molecule has 2 aromatic heterocycles. The van der Waals surface area contributed by atoms with Crippen LogP contribution in [-0.2, 0) is 11.2 Å². The summed E-state index contributed by atoms with van der Waals surface area (Å²) in [6.07, 6.45) is 6.03. The van der Waals surface area contributed by atoms with Crippen molar-refractivity contribution in [3.8, 4) is 5.82 Å². The molecule has 0 unspecified atom stereocenters. The molecule has 2 rings (SSSR count). The number of nitrogens with one attached hydrogen (secondary N) is 1. The zero-order valence-corrected chi connectivity index (χ0v) is 13.0. The minimum absolute atomic E-state index is 0.754. The van der Waals surface area contributed by atoms with Crippen LogP contribution in [-0.4, -0.2) is 46.6 Å². The number of aromatic nitrogens is 4. The number of aryl methyl sites for hydroxylation is 3. The average molecular weight is 289 g/mol. The first kappa shape index (κ1) is 15.6. The highest BCUT2D eigenvalue weighted by atomic mass is 16.5. The molecule has 114 valence electrons. The van der Waals surface area contributed by atoms with Crippen molar-refractivity contribution in [1.82, 2.24) is 25.1 Å². The van der Waals surface area contributed by atoms with Gasteiger partial charge in [0.1, 0.15) is 5.82 Å². The smallest absolute Gasteiger partial charge is 0.157 e. The SMILES string of the molecule is COCCNCCCc1cnn(-c2cc(C)nc(C)n2)c1. The summed E-state index contributed by atoms with van der Waals surface area (Å²) in [5.41, 5.74) is 2.18. The maximum absolute atomic E-state index is 4.99. The first-order valence-electron chi connectivity index (χ1n) is 7.25. The van der Waals surface area contributed by atoms with E-state index in [4.69, 9.17) is 4.74 Å². The number of ether oxygens (including phenoxy) is 1. The number of methoxy groups -OCH3 is 1. The summed E-state index contributed by atoms with van der Waals surface area (Å²) in [5.74, 6) is 1.59. The first-order valence-corrected chi connectivity index (χ1v) is 7.25. The highest BCUT2D eigenvalue weighted by Gasteiger charge is 2.04. The van der Waals surface area contributed by atoms with Gasteiger partial charge >= 0.3 is 0 Å². The Balaban J connectivity index is 1.86. The molecule has 2 heterocycles. The summed E-state index contributed by atoms with van der Waals surface area (Å²) in [7, 11) is 1.71. The van der Waals surface area contributed by atoms with Crippen LogP contribution in [0.2, 0.25) is 0 Å². The molecular weight excluding hydrogens is 266 g/mol. The molecule has 0 atom stereocenters. The van der Waals surface area contributed by atoms with Crippen LogP contribution >= 0.6 is 0 Å². The van der Waals surface area contributed by atoms with Gasteiger partial charge in [0.2, 0.25) is 0 Å². The van der Waals surface area contributed by atoms with Gasteiger partial charge in [-0.1, -0.05) is 0 Å². The summed E-state index contributed by atoms with van der Waals surface area (Å²) < 4.78 is 6.81. The Hall–Kier alpha value is -1.79. The van der Waals surface area contributed by atoms with Gasteiger partial charge in [0.25, 0.3) is 0 Å². The molecule has 0 spiro atoms. The Bertz CT molecular complexity index is 547. The van der Waals surface area contributed by atoms with E-state index in [2.05, 4.69) is 20.4 Å². The fourth-order valence-electron chi connectivity index (χ4n) is 2.15. The van der Waals surface area contributed by atoms with Crippen molar-refractivity contribution in [2.45, 2.75) is 26.7 Å². The molecule has 0 amide bonds. The molecule has 6 heteroatoms. The van der Waals surface area contributed by atoms with E-state index < -0.39 is 0 Å². The van der Waals surface area contributed by atoms with E-state index >= 15 is 0 Å². The van der Waals surface area contributed by atoms with Crippen molar-refractivity contribution in [3.63, 3.8) is 0 Å². The van der Waals surface area contributed by atoms with Gasteiger partial charge in [0.05, 0.1) is 12.8 Å². The van der Waals surface area contributed by atoms with Crippen molar-refractivity contribution < 1.29 is 4.74 Å². The third-order valence-corrected chi connectivity index (χ3v) is 3.13. The Morgan fingerprint density at radius 2 is 2.10 bits per heavy atom. The fraction of sp³-hybridized carbons (Fsp3) is 0.533. The summed E-state index contributed by atoms with van der Waals surface area (Å²) in [6, 6.07) is 1.94. The molecule has 6 nitrogen and oxygen atoms in total. The Labute approximate surface area is 125 Å². The van der Waals surface area contributed by atoms with E-state index in [0.29, 0.717) is 0 Å². The summed E-state index contributed by atoms with van der Waals surface area (Å²) in [6.45, 7) is 6.50. The predicted molar refractivity (Wildman–Crippen MR) is 81.7 cm³/mol. The van der Waals surface area contributed by atoms with Crippen molar-refractivity contribution in [2.75, 3.05) is 26.8 Å². The van der Waals surface area contributed by atoms with Gasteiger partial charge in [-0.25, -0.2) is 14.6 Å². The molecule has 0 saturated carbocycles. The van der Waals surface area contributed by atoms with Crippen molar-refractivity contribution in [1.29, 1.82) is 0 Å². The van der Waals surface area contributed by atoms with Crippen LogP contribution in [0.15, 0.2) is 18.5 Å². The molecule has 21 heavy (non-hydrogen) atoms. The van der Waals surface area contributed by atoms with Gasteiger partial charge in [-0.2, -0.15) is 5.10 Å². The van der Waals surface area contributed by atoms with Crippen molar-refractivity contribution in [2.24, 2.45) is 0 Å². The lowest BCUT2D eigenvalue weighted by atomic mass is 10.2. The second-order valence-electron chi connectivity index (χ2n) is 5.05. The van der Waals surface area contributed by atoms with Gasteiger partial charge in [-0.05, 0) is 38.8 Å². The number of nitrogens with zero attached hydrogens (tertiary/aromatic N) is 4. The summed E-state index contributed by atoms with van der Waals surface area (Å²) >= 11 is 0. The van der Waals surface area contributed by atoms with Crippen LogP contribution in [0.3, 0.4) is 0 Å². The van der Waals surface area contributed by atoms with Crippen LogP contribution < -0.4 is 5.32 Å². The van der Waals surface area contributed by atoms with E-state index in [1.54, 1.807) is 7.11 Å². The highest BCUT2D eigenvalue weighted by Crippen LogP contribution is 2.08. The molecule has 0 bridgehead atoms. The van der Waals surface area contributed by atoms with Gasteiger partial charge < -0.3 is 10.1 Å². The molecule has 0 saturated heterocycles. The Morgan fingerprint density at radius 1 is 1.24 bits per heavy atom. The standard InChI is InChI=1S/C15H23N5O/c1-12-9-15(19-13(2)18-12)20-11-14(10-17-20)5-4-6-16-7-8-21-3/h9-11,16H,4-8H2,1-3H3. The lowest BCUT2D eigenvalue weighted by Crippen LogP contribution is -2.20. The second kappa shape index (κ2) is 7.85. The van der Waals surface area contributed by atoms with Crippen LogP contribution in [0, 0.1) is 13.8 Å². The van der Waals surface area contributed by atoms with Gasteiger partial charge in [-0.15, -0.1) is 0 Å². The lowest BCUT2D eigenvalue weighted by Gasteiger charge is -2.03. The zero-order valence-electron chi connectivity index (χ0n) is 13.0. The quantitative estimate of drug-likeness (QED) is 0.745. The summed E-state index contributed by atoms with van der Waals surface area (Å²) in [5, 5.41) is 7.72. The number of hydrogen-bond donors (Lipinski definition) is 1. The predicted octanol–water partition coefficient (Wildman–Crippen LogP) is 1.45. The van der Waals surface area contributed by atoms with E-state index in [9.17, 15) is 0 Å². The minimum Gasteiger partial charge on any atom is -0.383 e. The largest absolute Gasteiger partial charge is 0.383 e. The topological polar surface area (TPSA) is 64.9 Å². The third kappa shape index (κ3) is 4.91. The van der Waals surface area contributed by atoms with Crippen LogP contribution in [0.1, 0.15) is 23.5 Å². The third-order valence-electron chi connectivity index (χ3n) is 3.13. The second-order valence-corrected chi connectivity index (χ2v) is 5.05. The fourth-order valence-corrected chi connectivity index (χ4v) is 2.15. The van der Waals surface area contributed by atoms with Crippen molar-refractivity contribution in [3.05, 3.63) is 35.5 Å². The van der Waals surface area contributed by atoms with Crippen LogP contribution in [0.4, 0.5) is 0 Å². The zero-order chi connectivity index (χ0) is 15.1. The Kier molecular flexibility index (Phi) is 5.83. The summed E-state index contributed by atoms with van der Waals surface area (Å²) in [4.78, 5) is 8.69. The minimum atomic E-state index is 0.754. The van der Waals surface area contributed by atoms with Gasteiger partial charge in [0.15, 0.2) is 5.82 Å². The van der Waals surface area contributed by atoms with E-state index in [1.807, 2.05) is 37.0 Å². The number of hydrogen-bond acceptors (Lipinski definition) is 5. The molecule has 0 radical (unpaired) electrons. The maximum atomic E-state index is 4.99. The molecule has 0 aliphatic carbocycles. The Morgan fingerprint density at radius 3 is 2.86 bits per heavy atom. The lowest BCUT2D eigenvalue weighted by molar-refractivity contribution is 0.199. The average Bonchev–Trinajstić information content (AvgIpc) is 2.90. The monoisotopic (exact) mass is 289 g/mol. The van der Waals surface area contributed by atoms with Gasteiger partial charge in [-0.3, -0.25) is 0 Å². The molecule has 0 aliphatic rings. The van der Waals surface area contributed by atoms with Gasteiger partial charge in [0, 0.05) is 31.6 Å². The molecule has 0 fully saturated rings. The van der Waals surface area contributed by atoms with E-state index in [1.165, 1.54) is 5.56 Å². The molecular formula is C15H23N5O. The maximum Gasteiger partial charge on any atom is 0.157 e.